The summed E-state index contributed by atoms with van der Waals surface area (Å²) >= 11 is 1.60. The fourth-order valence-corrected chi connectivity index (χ4v) is 4.24. The maximum atomic E-state index is 12.1. The Morgan fingerprint density at radius 3 is 2.58 bits per heavy atom. The van der Waals surface area contributed by atoms with Gasteiger partial charge in [-0.2, -0.15) is 16.9 Å². The van der Waals surface area contributed by atoms with Gasteiger partial charge in [0.1, 0.15) is 0 Å². The highest BCUT2D eigenvalue weighted by Gasteiger charge is 2.15. The van der Waals surface area contributed by atoms with Crippen molar-refractivity contribution in [2.45, 2.75) is 13.8 Å². The van der Waals surface area contributed by atoms with Crippen LogP contribution in [0.25, 0.3) is 38.7 Å². The lowest BCUT2D eigenvalue weighted by molar-refractivity contribution is -0.113. The Morgan fingerprint density at radius 1 is 1.03 bits per heavy atom. The molecular formula is C25H22N4OS. The predicted molar refractivity (Wildman–Crippen MR) is 130 cm³/mol. The van der Waals surface area contributed by atoms with E-state index in [1.807, 2.05) is 41.8 Å². The van der Waals surface area contributed by atoms with Crippen LogP contribution >= 0.6 is 11.8 Å². The van der Waals surface area contributed by atoms with E-state index in [0.717, 1.165) is 50.2 Å². The zero-order chi connectivity index (χ0) is 21.4. The lowest BCUT2D eigenvalue weighted by atomic mass is 10.0. The number of nitrogens with zero attached hydrogens (tertiary/aromatic N) is 3. The molecule has 0 saturated carbocycles. The van der Waals surface area contributed by atoms with Crippen LogP contribution in [-0.2, 0) is 4.79 Å². The first-order valence-corrected chi connectivity index (χ1v) is 11.5. The SMILES string of the molecule is CCSCC(=O)Nc1ccc2c(c1)nc1c3ccccc3c(-c3ccc(C)cc3)nn21. The van der Waals surface area contributed by atoms with E-state index >= 15 is 0 Å². The van der Waals surface area contributed by atoms with Crippen molar-refractivity contribution in [3.63, 3.8) is 0 Å². The molecule has 0 atom stereocenters. The fourth-order valence-electron chi connectivity index (χ4n) is 3.78. The first kappa shape index (κ1) is 19.6. The van der Waals surface area contributed by atoms with E-state index < -0.39 is 0 Å². The third kappa shape index (κ3) is 3.64. The molecule has 5 rings (SSSR count). The number of fused-ring (bicyclic) bond motifs is 5. The molecule has 1 N–H and O–H groups in total. The predicted octanol–water partition coefficient (Wildman–Crippen LogP) is 5.70. The highest BCUT2D eigenvalue weighted by atomic mass is 32.2. The van der Waals surface area contributed by atoms with Crippen LogP contribution < -0.4 is 5.32 Å². The number of imidazole rings is 1. The molecule has 0 spiro atoms. The number of nitrogens with one attached hydrogen (secondary N) is 1. The fraction of sp³-hybridized carbons (Fsp3) is 0.160. The summed E-state index contributed by atoms with van der Waals surface area (Å²) in [5, 5.41) is 10.1. The minimum Gasteiger partial charge on any atom is -0.325 e. The summed E-state index contributed by atoms with van der Waals surface area (Å²) in [6, 6.07) is 22.5. The van der Waals surface area contributed by atoms with Crippen LogP contribution in [0.5, 0.6) is 0 Å². The number of hydrogen-bond donors (Lipinski definition) is 1. The van der Waals surface area contributed by atoms with Gasteiger partial charge in [-0.25, -0.2) is 9.50 Å². The number of anilines is 1. The van der Waals surface area contributed by atoms with Crippen molar-refractivity contribution in [2.24, 2.45) is 0 Å². The maximum absolute atomic E-state index is 12.1. The van der Waals surface area contributed by atoms with Gasteiger partial charge in [-0.1, -0.05) is 61.0 Å². The van der Waals surface area contributed by atoms with E-state index in [4.69, 9.17) is 10.1 Å². The molecule has 6 heteroatoms. The van der Waals surface area contributed by atoms with Gasteiger partial charge in [0.2, 0.25) is 5.91 Å². The molecule has 0 bridgehead atoms. The number of rotatable bonds is 5. The summed E-state index contributed by atoms with van der Waals surface area (Å²) in [6.45, 7) is 4.13. The second-order valence-corrected chi connectivity index (χ2v) is 8.77. The number of benzene rings is 3. The van der Waals surface area contributed by atoms with Crippen LogP contribution in [-0.4, -0.2) is 32.0 Å². The van der Waals surface area contributed by atoms with Crippen LogP contribution in [0.1, 0.15) is 12.5 Å². The number of aryl methyl sites for hydroxylation is 1. The second-order valence-electron chi connectivity index (χ2n) is 7.50. The van der Waals surface area contributed by atoms with Crippen LogP contribution in [0.3, 0.4) is 0 Å². The van der Waals surface area contributed by atoms with Crippen LogP contribution in [0, 0.1) is 6.92 Å². The standard InChI is InChI=1S/C25H22N4OS/c1-3-31-15-23(30)26-18-12-13-22-21(14-18)27-25-20-7-5-4-6-19(20)24(28-29(22)25)17-10-8-16(2)9-11-17/h4-14H,3,15H2,1-2H3,(H,26,30). The van der Waals surface area contributed by atoms with Gasteiger partial charge in [0.25, 0.3) is 0 Å². The lowest BCUT2D eigenvalue weighted by Crippen LogP contribution is -2.14. The Kier molecular flexibility index (Phi) is 5.08. The van der Waals surface area contributed by atoms with Gasteiger partial charge in [-0.15, -0.1) is 0 Å². The minimum atomic E-state index is 0.000182. The zero-order valence-electron chi connectivity index (χ0n) is 17.4. The molecule has 2 aromatic heterocycles. The van der Waals surface area contributed by atoms with Crippen molar-refractivity contribution in [3.05, 3.63) is 72.3 Å². The Hall–Kier alpha value is -3.38. The average molecular weight is 427 g/mol. The number of carbonyl (C=O) groups excluding carboxylic acids is 1. The Labute approximate surface area is 184 Å². The summed E-state index contributed by atoms with van der Waals surface area (Å²) in [5.41, 5.74) is 6.50. The van der Waals surface area contributed by atoms with E-state index in [-0.39, 0.29) is 5.91 Å². The van der Waals surface area contributed by atoms with Crippen molar-refractivity contribution < 1.29 is 4.79 Å². The van der Waals surface area contributed by atoms with Crippen molar-refractivity contribution in [1.82, 2.24) is 14.6 Å². The highest BCUT2D eigenvalue weighted by molar-refractivity contribution is 7.99. The average Bonchev–Trinajstić information content (AvgIpc) is 3.16. The third-order valence-electron chi connectivity index (χ3n) is 5.30. The summed E-state index contributed by atoms with van der Waals surface area (Å²) in [5.74, 6) is 1.37. The van der Waals surface area contributed by atoms with Crippen LogP contribution in [0.15, 0.2) is 66.7 Å². The summed E-state index contributed by atoms with van der Waals surface area (Å²) in [7, 11) is 0. The maximum Gasteiger partial charge on any atom is 0.234 e. The first-order chi connectivity index (χ1) is 15.1. The molecule has 1 amide bonds. The molecule has 0 saturated heterocycles. The molecule has 3 aromatic carbocycles. The van der Waals surface area contributed by atoms with Crippen LogP contribution in [0.4, 0.5) is 5.69 Å². The third-order valence-corrected chi connectivity index (χ3v) is 6.17. The number of aromatic nitrogens is 3. The van der Waals surface area contributed by atoms with E-state index in [9.17, 15) is 4.79 Å². The van der Waals surface area contributed by atoms with E-state index in [1.165, 1.54) is 5.56 Å². The molecule has 5 nitrogen and oxygen atoms in total. The molecule has 0 aliphatic carbocycles. The molecule has 0 radical (unpaired) electrons. The molecule has 31 heavy (non-hydrogen) atoms. The molecule has 154 valence electrons. The van der Waals surface area contributed by atoms with Crippen molar-refractivity contribution in [1.29, 1.82) is 0 Å². The highest BCUT2D eigenvalue weighted by Crippen LogP contribution is 2.31. The van der Waals surface area contributed by atoms with E-state index in [0.29, 0.717) is 5.75 Å². The van der Waals surface area contributed by atoms with Gasteiger partial charge >= 0.3 is 0 Å². The monoisotopic (exact) mass is 426 g/mol. The van der Waals surface area contributed by atoms with Crippen molar-refractivity contribution in [3.8, 4) is 11.3 Å². The Balaban J connectivity index is 1.67. The van der Waals surface area contributed by atoms with Gasteiger partial charge < -0.3 is 5.32 Å². The van der Waals surface area contributed by atoms with Crippen molar-refractivity contribution in [2.75, 3.05) is 16.8 Å². The normalized spacial score (nSPS) is 11.4. The van der Waals surface area contributed by atoms with E-state index in [2.05, 4.69) is 48.6 Å². The smallest absolute Gasteiger partial charge is 0.234 e. The van der Waals surface area contributed by atoms with Gasteiger partial charge in [0, 0.05) is 22.0 Å². The van der Waals surface area contributed by atoms with Gasteiger partial charge in [0.15, 0.2) is 5.65 Å². The molecule has 0 fully saturated rings. The Bertz CT molecular complexity index is 1420. The molecular weight excluding hydrogens is 404 g/mol. The number of carbonyl (C=O) groups is 1. The van der Waals surface area contributed by atoms with Gasteiger partial charge in [0.05, 0.1) is 22.5 Å². The van der Waals surface area contributed by atoms with Crippen molar-refractivity contribution >= 4 is 50.8 Å². The molecule has 5 aromatic rings. The molecule has 0 aliphatic heterocycles. The minimum absolute atomic E-state index is 0.000182. The van der Waals surface area contributed by atoms with Gasteiger partial charge in [-0.3, -0.25) is 4.79 Å². The number of thioether (sulfide) groups is 1. The first-order valence-electron chi connectivity index (χ1n) is 10.3. The molecule has 0 unspecified atom stereocenters. The summed E-state index contributed by atoms with van der Waals surface area (Å²) in [4.78, 5) is 17.0. The van der Waals surface area contributed by atoms with Crippen LogP contribution in [0.2, 0.25) is 0 Å². The van der Waals surface area contributed by atoms with E-state index in [1.54, 1.807) is 11.8 Å². The zero-order valence-corrected chi connectivity index (χ0v) is 18.2. The summed E-state index contributed by atoms with van der Waals surface area (Å²) in [6.07, 6.45) is 0. The summed E-state index contributed by atoms with van der Waals surface area (Å²) < 4.78 is 1.91. The quantitative estimate of drug-likeness (QED) is 0.391. The lowest BCUT2D eigenvalue weighted by Gasteiger charge is -2.08. The molecule has 2 heterocycles. The Morgan fingerprint density at radius 2 is 1.81 bits per heavy atom. The number of hydrogen-bond acceptors (Lipinski definition) is 4. The van der Waals surface area contributed by atoms with Gasteiger partial charge in [-0.05, 0) is 30.9 Å². The largest absolute Gasteiger partial charge is 0.325 e. The number of amides is 1. The topological polar surface area (TPSA) is 59.3 Å². The molecule has 0 aliphatic rings. The second kappa shape index (κ2) is 8.04.